The zero-order valence-electron chi connectivity index (χ0n) is 32.2. The Bertz CT molecular complexity index is 1970. The standard InChI is InChI=1S/C39H51N9O7/c1-22(2)32(44-38(52)54-5)36(50)47-16-7-9-29(47)34-40-20-27(42-34)24-11-13-26(14-12-24)46-18-15-25(19-31(46)49)28-21-41-35(43-28)30-10-8-17-48(30)37(51)33(23(3)4)45-39(53)55-6/h11-15,18-19,21-23,27,29-30,32-33H,7-10,16-17,20H2,1-6H3,(H,40,42)(H,41,43)(H,44,52)(H,45,53)/t27?,29-,30-,32-,33-/m0/s1. The SMILES string of the molecule is COC(=O)N[C@H](C(=O)N1CCC[C@H]1C1=NCC(c2ccc(-n3ccc(-c4cnc([C@@H]5CCCN5C(=O)[C@@H](NC(=O)OC)C(C)C)[nH]4)cc3=O)cc2)N1)C(C)C. The molecule has 0 bridgehead atoms. The number of nitrogens with zero attached hydrogens (tertiary/aromatic N) is 5. The first-order chi connectivity index (χ1) is 26.4. The van der Waals surface area contributed by atoms with Crippen molar-refractivity contribution in [1.29, 1.82) is 0 Å². The lowest BCUT2D eigenvalue weighted by atomic mass is 10.0. The van der Waals surface area contributed by atoms with Crippen molar-refractivity contribution in [3.05, 3.63) is 70.5 Å². The number of aromatic nitrogens is 3. The van der Waals surface area contributed by atoms with Gasteiger partial charge in [-0.3, -0.25) is 23.9 Å². The van der Waals surface area contributed by atoms with E-state index < -0.39 is 24.3 Å². The minimum absolute atomic E-state index is 0.0872. The Balaban J connectivity index is 1.09. The van der Waals surface area contributed by atoms with Gasteiger partial charge in [-0.05, 0) is 61.3 Å². The van der Waals surface area contributed by atoms with Crippen LogP contribution in [0.1, 0.15) is 76.8 Å². The minimum Gasteiger partial charge on any atom is -0.453 e. The second kappa shape index (κ2) is 16.8. The van der Waals surface area contributed by atoms with Crippen LogP contribution in [0.3, 0.4) is 0 Å². The topological polar surface area (TPSA) is 192 Å². The molecule has 55 heavy (non-hydrogen) atoms. The first-order valence-corrected chi connectivity index (χ1v) is 18.9. The molecule has 3 aliphatic rings. The summed E-state index contributed by atoms with van der Waals surface area (Å²) in [7, 11) is 2.55. The average Bonchev–Trinajstić information content (AvgIpc) is 4.02. The number of carbonyl (C=O) groups is 4. The maximum absolute atomic E-state index is 13.5. The van der Waals surface area contributed by atoms with Crippen molar-refractivity contribution >= 4 is 29.8 Å². The number of aliphatic imine (C=N–C) groups is 1. The molecule has 2 saturated heterocycles. The summed E-state index contributed by atoms with van der Waals surface area (Å²) in [5.41, 5.74) is 2.81. The molecular weight excluding hydrogens is 706 g/mol. The molecule has 0 radical (unpaired) electrons. The molecule has 0 aliphatic carbocycles. The number of hydrogen-bond donors (Lipinski definition) is 4. The van der Waals surface area contributed by atoms with E-state index in [-0.39, 0.29) is 47.3 Å². The largest absolute Gasteiger partial charge is 0.453 e. The number of amidine groups is 1. The van der Waals surface area contributed by atoms with Gasteiger partial charge in [0.15, 0.2) is 0 Å². The number of amides is 4. The van der Waals surface area contributed by atoms with Gasteiger partial charge < -0.3 is 40.2 Å². The quantitative estimate of drug-likeness (QED) is 0.226. The van der Waals surface area contributed by atoms with Crippen molar-refractivity contribution in [3.63, 3.8) is 0 Å². The van der Waals surface area contributed by atoms with E-state index in [9.17, 15) is 24.0 Å². The molecule has 1 aromatic carbocycles. The van der Waals surface area contributed by atoms with Gasteiger partial charge in [-0.25, -0.2) is 14.6 Å². The fourth-order valence-corrected chi connectivity index (χ4v) is 7.62. The first-order valence-electron chi connectivity index (χ1n) is 18.9. The van der Waals surface area contributed by atoms with Gasteiger partial charge in [0.1, 0.15) is 23.7 Å². The smallest absolute Gasteiger partial charge is 0.407 e. The number of aromatic amines is 1. The number of pyridine rings is 1. The van der Waals surface area contributed by atoms with Gasteiger partial charge in [-0.2, -0.15) is 0 Å². The zero-order valence-corrected chi connectivity index (χ0v) is 32.2. The molecule has 5 atom stereocenters. The lowest BCUT2D eigenvalue weighted by Gasteiger charge is -2.31. The molecule has 16 nitrogen and oxygen atoms in total. The number of ether oxygens (including phenoxy) is 2. The van der Waals surface area contributed by atoms with Gasteiger partial charge in [0, 0.05) is 36.6 Å². The van der Waals surface area contributed by atoms with Crippen molar-refractivity contribution < 1.29 is 28.7 Å². The maximum atomic E-state index is 13.5. The summed E-state index contributed by atoms with van der Waals surface area (Å²) in [6.45, 7) is 9.16. The van der Waals surface area contributed by atoms with E-state index >= 15 is 0 Å². The van der Waals surface area contributed by atoms with Crippen molar-refractivity contribution in [2.45, 2.75) is 83.6 Å². The van der Waals surface area contributed by atoms with Crippen molar-refractivity contribution in [1.82, 2.24) is 40.3 Å². The number of likely N-dealkylation sites (tertiary alicyclic amines) is 2. The monoisotopic (exact) mass is 757 g/mol. The molecule has 4 N–H and O–H groups in total. The fraction of sp³-hybridized carbons (Fsp3) is 0.513. The van der Waals surface area contributed by atoms with Crippen LogP contribution in [0.2, 0.25) is 0 Å². The number of alkyl carbamates (subject to hydrolysis) is 2. The summed E-state index contributed by atoms with van der Waals surface area (Å²) in [5, 5.41) is 8.87. The number of rotatable bonds is 11. The zero-order chi connectivity index (χ0) is 39.4. The third-order valence-corrected chi connectivity index (χ3v) is 10.7. The van der Waals surface area contributed by atoms with Crippen LogP contribution in [0, 0.1) is 11.8 Å². The number of nitrogens with one attached hydrogen (secondary N) is 4. The van der Waals surface area contributed by atoms with Crippen molar-refractivity contribution in [3.8, 4) is 16.9 Å². The molecule has 6 rings (SSSR count). The van der Waals surface area contributed by atoms with Gasteiger partial charge in [0.25, 0.3) is 5.56 Å². The van der Waals surface area contributed by atoms with Crippen LogP contribution in [-0.4, -0.2) is 106 Å². The number of H-pyrrole nitrogens is 1. The van der Waals surface area contributed by atoms with Crippen LogP contribution in [0.4, 0.5) is 9.59 Å². The van der Waals surface area contributed by atoms with Crippen LogP contribution >= 0.6 is 0 Å². The number of imidazole rings is 1. The Morgan fingerprint density at radius 3 is 1.98 bits per heavy atom. The number of benzene rings is 1. The summed E-state index contributed by atoms with van der Waals surface area (Å²) in [6, 6.07) is 9.12. The van der Waals surface area contributed by atoms with E-state index in [4.69, 9.17) is 14.5 Å². The summed E-state index contributed by atoms with van der Waals surface area (Å²) in [4.78, 5) is 80.6. The highest BCUT2D eigenvalue weighted by Gasteiger charge is 2.40. The van der Waals surface area contributed by atoms with E-state index in [1.807, 2.05) is 58.0 Å². The Labute approximate surface area is 320 Å². The van der Waals surface area contributed by atoms with E-state index in [0.29, 0.717) is 42.4 Å². The van der Waals surface area contributed by atoms with Crippen LogP contribution in [0.25, 0.3) is 16.9 Å². The highest BCUT2D eigenvalue weighted by atomic mass is 16.5. The molecule has 2 fully saturated rings. The molecule has 0 spiro atoms. The summed E-state index contributed by atoms with van der Waals surface area (Å²) in [6.07, 6.45) is 5.24. The molecule has 4 amide bonds. The Kier molecular flexibility index (Phi) is 11.9. The molecule has 0 saturated carbocycles. The molecule has 2 aromatic heterocycles. The number of carbonyl (C=O) groups excluding carboxylic acids is 4. The lowest BCUT2D eigenvalue weighted by molar-refractivity contribution is -0.135. The molecule has 3 aliphatic heterocycles. The van der Waals surface area contributed by atoms with Crippen LogP contribution in [0.5, 0.6) is 0 Å². The van der Waals surface area contributed by atoms with E-state index in [1.54, 1.807) is 32.8 Å². The number of methoxy groups -OCH3 is 2. The van der Waals surface area contributed by atoms with Crippen molar-refractivity contribution in [2.24, 2.45) is 16.8 Å². The van der Waals surface area contributed by atoms with Crippen molar-refractivity contribution in [2.75, 3.05) is 33.9 Å². The summed E-state index contributed by atoms with van der Waals surface area (Å²) >= 11 is 0. The fourth-order valence-electron chi connectivity index (χ4n) is 7.62. The first kappa shape index (κ1) is 39.0. The Morgan fingerprint density at radius 1 is 0.836 bits per heavy atom. The molecular formula is C39H51N9O7. The molecule has 3 aromatic rings. The third kappa shape index (κ3) is 8.37. The molecule has 5 heterocycles. The second-order valence-corrected chi connectivity index (χ2v) is 14.9. The van der Waals surface area contributed by atoms with Gasteiger partial charge in [0.05, 0.1) is 50.8 Å². The molecule has 1 unspecified atom stereocenters. The predicted molar refractivity (Wildman–Crippen MR) is 205 cm³/mol. The Morgan fingerprint density at radius 2 is 1.42 bits per heavy atom. The third-order valence-electron chi connectivity index (χ3n) is 10.7. The summed E-state index contributed by atoms with van der Waals surface area (Å²) in [5.74, 6) is 0.786. The second-order valence-electron chi connectivity index (χ2n) is 14.9. The normalized spacial score (nSPS) is 20.6. The molecule has 16 heteroatoms. The lowest BCUT2D eigenvalue weighted by Crippen LogP contribution is -2.54. The predicted octanol–water partition coefficient (Wildman–Crippen LogP) is 3.69. The van der Waals surface area contributed by atoms with Gasteiger partial charge in [0.2, 0.25) is 11.8 Å². The average molecular weight is 758 g/mol. The van der Waals surface area contributed by atoms with Gasteiger partial charge >= 0.3 is 12.2 Å². The molecule has 294 valence electrons. The highest BCUT2D eigenvalue weighted by molar-refractivity contribution is 5.95. The highest BCUT2D eigenvalue weighted by Crippen LogP contribution is 2.33. The number of hydrogen-bond acceptors (Lipinski definition) is 10. The van der Waals surface area contributed by atoms with Gasteiger partial charge in [-0.15, -0.1) is 0 Å². The Hall–Kier alpha value is -5.67. The van der Waals surface area contributed by atoms with Crippen LogP contribution < -0.4 is 21.5 Å². The van der Waals surface area contributed by atoms with E-state index in [1.165, 1.54) is 14.2 Å². The maximum Gasteiger partial charge on any atom is 0.407 e. The van der Waals surface area contributed by atoms with Gasteiger partial charge in [-0.1, -0.05) is 39.8 Å². The van der Waals surface area contributed by atoms with Crippen LogP contribution in [-0.2, 0) is 19.1 Å². The van der Waals surface area contributed by atoms with E-state index in [2.05, 4.69) is 25.9 Å². The minimum atomic E-state index is -0.730. The van der Waals surface area contributed by atoms with E-state index in [0.717, 1.165) is 37.1 Å². The van der Waals surface area contributed by atoms with Crippen LogP contribution in [0.15, 0.2) is 58.6 Å². The summed E-state index contributed by atoms with van der Waals surface area (Å²) < 4.78 is 11.1.